The van der Waals surface area contributed by atoms with Crippen LogP contribution in [0.5, 0.6) is 11.5 Å². The van der Waals surface area contributed by atoms with Gasteiger partial charge in [0, 0.05) is 18.4 Å². The summed E-state index contributed by atoms with van der Waals surface area (Å²) in [7, 11) is 1.51. The van der Waals surface area contributed by atoms with E-state index in [2.05, 4.69) is 5.32 Å². The molecule has 166 valence electrons. The number of methoxy groups -OCH3 is 1. The van der Waals surface area contributed by atoms with Gasteiger partial charge in [-0.15, -0.1) is 0 Å². The molecule has 1 unspecified atom stereocenters. The Morgan fingerprint density at radius 2 is 1.77 bits per heavy atom. The Morgan fingerprint density at radius 3 is 2.42 bits per heavy atom. The number of Topliss-reactive ketones (excluding diaryl/α,β-unsaturated/α-hetero) is 1. The second-order valence-electron chi connectivity index (χ2n) is 7.12. The van der Waals surface area contributed by atoms with Crippen molar-refractivity contribution in [2.75, 3.05) is 13.7 Å². The Balaban J connectivity index is 1.99. The van der Waals surface area contributed by atoms with Crippen LogP contribution in [0.3, 0.4) is 0 Å². The number of amides is 1. The van der Waals surface area contributed by atoms with Crippen LogP contribution in [-0.2, 0) is 9.59 Å². The minimum atomic E-state index is -1.03. The highest BCUT2D eigenvalue weighted by Gasteiger charge is 2.20. The zero-order valence-corrected chi connectivity index (χ0v) is 17.9. The van der Waals surface area contributed by atoms with Gasteiger partial charge in [0.15, 0.2) is 17.3 Å². The molecule has 0 spiro atoms. The summed E-state index contributed by atoms with van der Waals surface area (Å²) in [6.07, 6.45) is 1.33. The van der Waals surface area contributed by atoms with E-state index in [-0.39, 0.29) is 31.0 Å². The predicted octanol–water partition coefficient (Wildman–Crippen LogP) is 4.17. The number of carboxylic acids is 1. The molecule has 0 aliphatic rings. The number of hydrogen-bond acceptors (Lipinski definition) is 5. The van der Waals surface area contributed by atoms with Gasteiger partial charge in [0.25, 0.3) is 0 Å². The number of ether oxygens (including phenoxy) is 2. The van der Waals surface area contributed by atoms with Crippen molar-refractivity contribution in [3.05, 3.63) is 59.7 Å². The summed E-state index contributed by atoms with van der Waals surface area (Å²) in [5.41, 5.74) is 1.22. The monoisotopic (exact) mass is 427 g/mol. The van der Waals surface area contributed by atoms with Crippen molar-refractivity contribution in [3.8, 4) is 11.5 Å². The first-order valence-electron chi connectivity index (χ1n) is 10.3. The minimum Gasteiger partial charge on any atom is -0.493 e. The number of aliphatic carboxylic acids is 1. The van der Waals surface area contributed by atoms with Crippen molar-refractivity contribution >= 4 is 17.7 Å². The van der Waals surface area contributed by atoms with E-state index in [4.69, 9.17) is 9.47 Å². The van der Waals surface area contributed by atoms with Crippen LogP contribution in [0.1, 0.15) is 61.0 Å². The Morgan fingerprint density at radius 1 is 1.03 bits per heavy atom. The molecule has 0 saturated heterocycles. The molecule has 2 aromatic carbocycles. The lowest BCUT2D eigenvalue weighted by Gasteiger charge is -2.19. The first-order chi connectivity index (χ1) is 14.9. The molecule has 0 fully saturated rings. The quantitative estimate of drug-likeness (QED) is 0.465. The summed E-state index contributed by atoms with van der Waals surface area (Å²) in [6, 6.07) is 13.3. The van der Waals surface area contributed by atoms with E-state index in [0.29, 0.717) is 35.7 Å². The van der Waals surface area contributed by atoms with Gasteiger partial charge >= 0.3 is 5.97 Å². The maximum absolute atomic E-state index is 12.4. The van der Waals surface area contributed by atoms with E-state index in [1.54, 1.807) is 42.5 Å². The highest BCUT2D eigenvalue weighted by atomic mass is 16.5. The van der Waals surface area contributed by atoms with Gasteiger partial charge in [-0.1, -0.05) is 43.3 Å². The van der Waals surface area contributed by atoms with Gasteiger partial charge < -0.3 is 19.9 Å². The molecule has 0 aliphatic heterocycles. The van der Waals surface area contributed by atoms with E-state index in [0.717, 1.165) is 6.42 Å². The van der Waals surface area contributed by atoms with Gasteiger partial charge in [-0.2, -0.15) is 0 Å². The van der Waals surface area contributed by atoms with Crippen LogP contribution in [-0.4, -0.2) is 36.5 Å². The van der Waals surface area contributed by atoms with Crippen molar-refractivity contribution in [1.29, 1.82) is 0 Å². The third kappa shape index (κ3) is 7.77. The first kappa shape index (κ1) is 23.9. The zero-order valence-electron chi connectivity index (χ0n) is 17.9. The molecular weight excluding hydrogens is 398 g/mol. The molecule has 31 heavy (non-hydrogen) atoms. The van der Waals surface area contributed by atoms with Crippen LogP contribution < -0.4 is 14.8 Å². The molecular formula is C24H29NO6. The maximum atomic E-state index is 12.4. The number of ketones is 1. The Kier molecular flexibility index (Phi) is 9.55. The average Bonchev–Trinajstić information content (AvgIpc) is 2.77. The van der Waals surface area contributed by atoms with Crippen LogP contribution in [0.15, 0.2) is 48.5 Å². The van der Waals surface area contributed by atoms with Gasteiger partial charge in [-0.25, -0.2) is 0 Å². The van der Waals surface area contributed by atoms with Gasteiger partial charge in [0.1, 0.15) is 0 Å². The lowest BCUT2D eigenvalue weighted by atomic mass is 10.0. The fourth-order valence-electron chi connectivity index (χ4n) is 3.10. The van der Waals surface area contributed by atoms with Gasteiger partial charge in [-0.05, 0) is 30.5 Å². The summed E-state index contributed by atoms with van der Waals surface area (Å²) in [5.74, 6) is -0.327. The Bertz CT molecular complexity index is 881. The number of nitrogens with one attached hydrogen (secondary N) is 1. The van der Waals surface area contributed by atoms with E-state index in [9.17, 15) is 19.5 Å². The van der Waals surface area contributed by atoms with Gasteiger partial charge in [-0.3, -0.25) is 14.4 Å². The summed E-state index contributed by atoms with van der Waals surface area (Å²) in [4.78, 5) is 35.9. The summed E-state index contributed by atoms with van der Waals surface area (Å²) < 4.78 is 11.0. The van der Waals surface area contributed by atoms with Crippen LogP contribution >= 0.6 is 0 Å². The molecule has 2 rings (SSSR count). The SMILES string of the molecule is CCCOc1ccc(C(CC(=O)O)NC(=O)CCCC(=O)c2ccccc2)cc1OC. The van der Waals surface area contributed by atoms with E-state index >= 15 is 0 Å². The van der Waals surface area contributed by atoms with Crippen molar-refractivity contribution in [2.24, 2.45) is 0 Å². The number of benzene rings is 2. The summed E-state index contributed by atoms with van der Waals surface area (Å²) in [5, 5.41) is 12.0. The smallest absolute Gasteiger partial charge is 0.305 e. The minimum absolute atomic E-state index is 0.0251. The van der Waals surface area contributed by atoms with Crippen LogP contribution in [0.25, 0.3) is 0 Å². The van der Waals surface area contributed by atoms with Crippen molar-refractivity contribution in [2.45, 2.75) is 45.1 Å². The number of carboxylic acid groups (broad SMARTS) is 1. The third-order valence-corrected chi connectivity index (χ3v) is 4.67. The van der Waals surface area contributed by atoms with Crippen LogP contribution in [0, 0.1) is 0 Å². The van der Waals surface area contributed by atoms with E-state index in [1.807, 2.05) is 13.0 Å². The zero-order chi connectivity index (χ0) is 22.6. The molecule has 0 bridgehead atoms. The molecule has 0 heterocycles. The van der Waals surface area contributed by atoms with E-state index in [1.165, 1.54) is 7.11 Å². The van der Waals surface area contributed by atoms with Crippen molar-refractivity contribution in [3.63, 3.8) is 0 Å². The molecule has 7 heteroatoms. The standard InChI is InChI=1S/C24H29NO6/c1-3-14-31-21-13-12-18(15-22(21)30-2)19(16-24(28)29)25-23(27)11-7-10-20(26)17-8-5-4-6-9-17/h4-6,8-9,12-13,15,19H,3,7,10-11,14,16H2,1-2H3,(H,25,27)(H,28,29). The second-order valence-corrected chi connectivity index (χ2v) is 7.12. The third-order valence-electron chi connectivity index (χ3n) is 4.67. The predicted molar refractivity (Wildman–Crippen MR) is 117 cm³/mol. The highest BCUT2D eigenvalue weighted by Crippen LogP contribution is 2.31. The molecule has 1 amide bonds. The van der Waals surface area contributed by atoms with Crippen LogP contribution in [0.4, 0.5) is 0 Å². The topological polar surface area (TPSA) is 102 Å². The molecule has 0 radical (unpaired) electrons. The normalized spacial score (nSPS) is 11.4. The van der Waals surface area contributed by atoms with E-state index < -0.39 is 12.0 Å². The lowest BCUT2D eigenvalue weighted by molar-refractivity contribution is -0.137. The number of carbonyl (C=O) groups is 3. The lowest BCUT2D eigenvalue weighted by Crippen LogP contribution is -2.30. The van der Waals surface area contributed by atoms with Crippen molar-refractivity contribution < 1.29 is 29.0 Å². The van der Waals surface area contributed by atoms with Crippen LogP contribution in [0.2, 0.25) is 0 Å². The summed E-state index contributed by atoms with van der Waals surface area (Å²) >= 11 is 0. The molecule has 0 aliphatic carbocycles. The average molecular weight is 427 g/mol. The first-order valence-corrected chi connectivity index (χ1v) is 10.3. The van der Waals surface area contributed by atoms with Gasteiger partial charge in [0.2, 0.25) is 5.91 Å². The fraction of sp³-hybridized carbons (Fsp3) is 0.375. The largest absolute Gasteiger partial charge is 0.493 e. The molecule has 1 atom stereocenters. The highest BCUT2D eigenvalue weighted by molar-refractivity contribution is 5.96. The van der Waals surface area contributed by atoms with Gasteiger partial charge in [0.05, 0.1) is 26.2 Å². The second kappa shape index (κ2) is 12.4. The molecule has 0 saturated carbocycles. The van der Waals surface area contributed by atoms with Crippen molar-refractivity contribution in [1.82, 2.24) is 5.32 Å². The maximum Gasteiger partial charge on any atom is 0.305 e. The number of hydrogen-bond donors (Lipinski definition) is 2. The number of carbonyl (C=O) groups excluding carboxylic acids is 2. The molecule has 2 aromatic rings. The molecule has 0 aromatic heterocycles. The summed E-state index contributed by atoms with van der Waals surface area (Å²) in [6.45, 7) is 2.53. The Hall–Kier alpha value is -3.35. The Labute approximate surface area is 182 Å². The fourth-order valence-corrected chi connectivity index (χ4v) is 3.10. The molecule has 7 nitrogen and oxygen atoms in total. The molecule has 2 N–H and O–H groups in total. The number of rotatable bonds is 13.